The molecule has 2 amide bonds. The zero-order valence-electron chi connectivity index (χ0n) is 11.2. The van der Waals surface area contributed by atoms with Crippen LogP contribution in [0.1, 0.15) is 19.3 Å². The number of likely N-dealkylation sites (tertiary alicyclic amines) is 1. The third-order valence-electron chi connectivity index (χ3n) is 3.94. The maximum absolute atomic E-state index is 12.0. The van der Waals surface area contributed by atoms with Gasteiger partial charge in [-0.3, -0.25) is 9.59 Å². The number of nitrogens with zero attached hydrogens (tertiary/aromatic N) is 1. The fourth-order valence-corrected chi connectivity index (χ4v) is 2.52. The summed E-state index contributed by atoms with van der Waals surface area (Å²) in [6.45, 7) is 3.59. The third-order valence-corrected chi connectivity index (χ3v) is 3.94. The Labute approximate surface area is 113 Å². The van der Waals surface area contributed by atoms with E-state index in [-0.39, 0.29) is 30.3 Å². The van der Waals surface area contributed by atoms with Gasteiger partial charge in [-0.15, -0.1) is 0 Å². The van der Waals surface area contributed by atoms with E-state index in [4.69, 9.17) is 5.11 Å². The molecule has 0 saturated carbocycles. The van der Waals surface area contributed by atoms with Crippen molar-refractivity contribution in [2.24, 2.45) is 11.8 Å². The molecule has 6 heteroatoms. The number of hydrogen-bond donors (Lipinski definition) is 3. The Balaban J connectivity index is 1.69. The number of carbonyl (C=O) groups is 2. The zero-order chi connectivity index (χ0) is 13.7. The van der Waals surface area contributed by atoms with Crippen LogP contribution in [0.2, 0.25) is 0 Å². The minimum Gasteiger partial charge on any atom is -0.396 e. The normalized spacial score (nSPS) is 21.0. The van der Waals surface area contributed by atoms with Gasteiger partial charge in [0, 0.05) is 45.2 Å². The van der Waals surface area contributed by atoms with Crippen LogP contribution >= 0.6 is 0 Å². The predicted octanol–water partition coefficient (Wildman–Crippen LogP) is -1.06. The number of carbonyl (C=O) groups excluding carboxylic acids is 2. The van der Waals surface area contributed by atoms with Gasteiger partial charge in [0.2, 0.25) is 11.8 Å². The highest BCUT2D eigenvalue weighted by atomic mass is 16.3. The van der Waals surface area contributed by atoms with Gasteiger partial charge in [-0.25, -0.2) is 0 Å². The first kappa shape index (κ1) is 14.3. The smallest absolute Gasteiger partial charge is 0.228 e. The molecule has 0 aromatic carbocycles. The second-order valence-corrected chi connectivity index (χ2v) is 5.32. The molecule has 3 N–H and O–H groups in total. The van der Waals surface area contributed by atoms with Crippen molar-refractivity contribution in [3.05, 3.63) is 0 Å². The molecule has 0 spiro atoms. The van der Waals surface area contributed by atoms with Crippen molar-refractivity contribution < 1.29 is 14.7 Å². The van der Waals surface area contributed by atoms with Crippen LogP contribution in [0.5, 0.6) is 0 Å². The van der Waals surface area contributed by atoms with E-state index in [9.17, 15) is 9.59 Å². The first-order valence-electron chi connectivity index (χ1n) is 7.10. The molecular weight excluding hydrogens is 246 g/mol. The maximum atomic E-state index is 12.0. The largest absolute Gasteiger partial charge is 0.396 e. The molecule has 0 atom stereocenters. The average Bonchev–Trinajstić information content (AvgIpc) is 2.37. The molecule has 2 aliphatic rings. The van der Waals surface area contributed by atoms with E-state index in [0.29, 0.717) is 26.1 Å². The van der Waals surface area contributed by atoms with Crippen molar-refractivity contribution in [1.29, 1.82) is 0 Å². The minimum atomic E-state index is 0.0160. The molecule has 19 heavy (non-hydrogen) atoms. The molecule has 0 aromatic heterocycles. The van der Waals surface area contributed by atoms with Gasteiger partial charge in [0.05, 0.1) is 5.92 Å². The highest BCUT2D eigenvalue weighted by Gasteiger charge is 2.32. The number of rotatable bonds is 5. The number of hydrogen-bond acceptors (Lipinski definition) is 4. The van der Waals surface area contributed by atoms with Crippen molar-refractivity contribution in [2.45, 2.75) is 19.3 Å². The molecule has 2 saturated heterocycles. The quantitative estimate of drug-likeness (QED) is 0.556. The molecule has 2 rings (SSSR count). The lowest BCUT2D eigenvalue weighted by atomic mass is 9.93. The van der Waals surface area contributed by atoms with E-state index >= 15 is 0 Å². The summed E-state index contributed by atoms with van der Waals surface area (Å²) in [5, 5.41) is 14.6. The molecule has 2 fully saturated rings. The molecule has 108 valence electrons. The van der Waals surface area contributed by atoms with Crippen LogP contribution in [0.15, 0.2) is 0 Å². The van der Waals surface area contributed by atoms with Crippen LogP contribution in [-0.2, 0) is 9.59 Å². The number of nitrogens with one attached hydrogen (secondary N) is 2. The van der Waals surface area contributed by atoms with Crippen LogP contribution in [0, 0.1) is 11.8 Å². The van der Waals surface area contributed by atoms with Gasteiger partial charge in [-0.2, -0.15) is 0 Å². The van der Waals surface area contributed by atoms with Gasteiger partial charge in [-0.1, -0.05) is 0 Å². The second kappa shape index (κ2) is 6.86. The van der Waals surface area contributed by atoms with Gasteiger partial charge in [0.15, 0.2) is 0 Å². The standard InChI is InChI=1S/C13H23N3O3/c17-7-1-4-15-12(18)10-2-5-16(6-3-10)13(19)11-8-14-9-11/h10-11,14,17H,1-9H2,(H,15,18). The van der Waals surface area contributed by atoms with Gasteiger partial charge in [-0.05, 0) is 19.3 Å². The van der Waals surface area contributed by atoms with Gasteiger partial charge >= 0.3 is 0 Å². The van der Waals surface area contributed by atoms with E-state index in [2.05, 4.69) is 10.6 Å². The van der Waals surface area contributed by atoms with Crippen molar-refractivity contribution in [3.8, 4) is 0 Å². The first-order valence-corrected chi connectivity index (χ1v) is 7.10. The average molecular weight is 269 g/mol. The molecule has 2 heterocycles. The van der Waals surface area contributed by atoms with Gasteiger partial charge in [0.1, 0.15) is 0 Å². The molecule has 0 aliphatic carbocycles. The number of piperidine rings is 1. The van der Waals surface area contributed by atoms with Crippen LogP contribution in [-0.4, -0.2) is 61.2 Å². The molecule has 0 unspecified atom stereocenters. The van der Waals surface area contributed by atoms with Crippen molar-refractivity contribution in [1.82, 2.24) is 15.5 Å². The summed E-state index contributed by atoms with van der Waals surface area (Å²) in [6.07, 6.45) is 2.09. The summed E-state index contributed by atoms with van der Waals surface area (Å²) >= 11 is 0. The van der Waals surface area contributed by atoms with Gasteiger partial charge < -0.3 is 20.6 Å². The molecule has 0 bridgehead atoms. The summed E-state index contributed by atoms with van der Waals surface area (Å²) in [5.74, 6) is 0.459. The van der Waals surface area contributed by atoms with E-state index in [1.807, 2.05) is 4.90 Å². The Bertz CT molecular complexity index is 323. The highest BCUT2D eigenvalue weighted by Crippen LogP contribution is 2.20. The summed E-state index contributed by atoms with van der Waals surface area (Å²) in [7, 11) is 0. The van der Waals surface area contributed by atoms with Crippen LogP contribution in [0.3, 0.4) is 0 Å². The minimum absolute atomic E-state index is 0.0160. The number of aliphatic hydroxyl groups excluding tert-OH is 1. The molecule has 2 aliphatic heterocycles. The molecule has 6 nitrogen and oxygen atoms in total. The molecular formula is C13H23N3O3. The topological polar surface area (TPSA) is 81.7 Å². The molecule has 0 aromatic rings. The van der Waals surface area contributed by atoms with Gasteiger partial charge in [0.25, 0.3) is 0 Å². The van der Waals surface area contributed by atoms with E-state index in [0.717, 1.165) is 25.9 Å². The fourth-order valence-electron chi connectivity index (χ4n) is 2.52. The second-order valence-electron chi connectivity index (χ2n) is 5.32. The predicted molar refractivity (Wildman–Crippen MR) is 70.4 cm³/mol. The monoisotopic (exact) mass is 269 g/mol. The zero-order valence-corrected chi connectivity index (χ0v) is 11.2. The van der Waals surface area contributed by atoms with Crippen molar-refractivity contribution in [3.63, 3.8) is 0 Å². The Morgan fingerprint density at radius 1 is 1.21 bits per heavy atom. The van der Waals surface area contributed by atoms with Crippen LogP contribution in [0.25, 0.3) is 0 Å². The summed E-state index contributed by atoms with van der Waals surface area (Å²) < 4.78 is 0. The Hall–Kier alpha value is -1.14. The van der Waals surface area contributed by atoms with Crippen molar-refractivity contribution >= 4 is 11.8 Å². The van der Waals surface area contributed by atoms with E-state index in [1.54, 1.807) is 0 Å². The number of amides is 2. The lowest BCUT2D eigenvalue weighted by molar-refractivity contribution is -0.140. The van der Waals surface area contributed by atoms with E-state index in [1.165, 1.54) is 0 Å². The first-order chi connectivity index (χ1) is 9.22. The van der Waals surface area contributed by atoms with Crippen molar-refractivity contribution in [2.75, 3.05) is 39.3 Å². The lowest BCUT2D eigenvalue weighted by Crippen LogP contribution is -2.54. The summed E-state index contributed by atoms with van der Waals surface area (Å²) in [5.41, 5.74) is 0. The van der Waals surface area contributed by atoms with Crippen LogP contribution < -0.4 is 10.6 Å². The molecule has 0 radical (unpaired) electrons. The summed E-state index contributed by atoms with van der Waals surface area (Å²) in [6, 6.07) is 0. The SMILES string of the molecule is O=C(NCCCO)C1CCN(C(=O)C2CNC2)CC1. The highest BCUT2D eigenvalue weighted by molar-refractivity contribution is 5.81. The van der Waals surface area contributed by atoms with Crippen LogP contribution in [0.4, 0.5) is 0 Å². The fraction of sp³-hybridized carbons (Fsp3) is 0.846. The summed E-state index contributed by atoms with van der Waals surface area (Å²) in [4.78, 5) is 25.8. The maximum Gasteiger partial charge on any atom is 0.228 e. The Morgan fingerprint density at radius 2 is 1.89 bits per heavy atom. The number of aliphatic hydroxyl groups is 1. The lowest BCUT2D eigenvalue weighted by Gasteiger charge is -2.36. The Kier molecular flexibility index (Phi) is 5.15. The third kappa shape index (κ3) is 3.67. The Morgan fingerprint density at radius 3 is 2.42 bits per heavy atom. The van der Waals surface area contributed by atoms with E-state index < -0.39 is 0 Å².